The van der Waals surface area contributed by atoms with Gasteiger partial charge in [0, 0.05) is 29.5 Å². The van der Waals surface area contributed by atoms with Crippen LogP contribution in [0.3, 0.4) is 0 Å². The van der Waals surface area contributed by atoms with Gasteiger partial charge in [-0.25, -0.2) is 19.3 Å². The molecule has 1 aliphatic rings. The molecular formula is C28H28FN7O3. The summed E-state index contributed by atoms with van der Waals surface area (Å²) in [6.07, 6.45) is 1.38. The van der Waals surface area contributed by atoms with Crippen molar-refractivity contribution in [2.45, 2.75) is 39.3 Å². The molecule has 3 heterocycles. The van der Waals surface area contributed by atoms with E-state index in [4.69, 9.17) is 4.74 Å². The standard InChI is InChI=1S/C28H28FN7O3/c1-16(2)36-22-12-17(11-21(29)25(22)33-26(36)28(3,4)38)24-18(13-30)14-31-27(34-24)32-19-5-7-20(8-6-19)35-9-10-39-15-23(35)37/h5-8,11-12,14,16,38H,9-10,15H2,1-4H3,(H,31,32,34). The molecule has 1 aliphatic heterocycles. The molecule has 2 aromatic carbocycles. The average molecular weight is 530 g/mol. The maximum absolute atomic E-state index is 15.3. The first kappa shape index (κ1) is 26.2. The first-order valence-corrected chi connectivity index (χ1v) is 12.5. The number of halogens is 1. The number of benzene rings is 2. The monoisotopic (exact) mass is 529 g/mol. The Morgan fingerprint density at radius 1 is 1.21 bits per heavy atom. The molecule has 0 bridgehead atoms. The second-order valence-electron chi connectivity index (χ2n) is 10.1. The number of imidazole rings is 1. The van der Waals surface area contributed by atoms with Crippen LogP contribution in [-0.4, -0.2) is 50.3 Å². The number of nitriles is 1. The molecule has 1 saturated heterocycles. The average Bonchev–Trinajstić information content (AvgIpc) is 3.31. The largest absolute Gasteiger partial charge is 0.383 e. The quantitative estimate of drug-likeness (QED) is 0.376. The maximum Gasteiger partial charge on any atom is 0.253 e. The molecule has 4 aromatic rings. The highest BCUT2D eigenvalue weighted by Gasteiger charge is 2.28. The van der Waals surface area contributed by atoms with Gasteiger partial charge in [-0.3, -0.25) is 4.79 Å². The predicted molar refractivity (Wildman–Crippen MR) is 144 cm³/mol. The van der Waals surface area contributed by atoms with Crippen molar-refractivity contribution in [2.24, 2.45) is 0 Å². The van der Waals surface area contributed by atoms with Crippen LogP contribution in [0.1, 0.15) is 45.1 Å². The zero-order valence-corrected chi connectivity index (χ0v) is 22.1. The number of nitrogens with zero attached hydrogens (tertiary/aromatic N) is 6. The van der Waals surface area contributed by atoms with Gasteiger partial charge in [-0.05, 0) is 64.1 Å². The summed E-state index contributed by atoms with van der Waals surface area (Å²) in [7, 11) is 0. The van der Waals surface area contributed by atoms with E-state index >= 15 is 4.39 Å². The minimum atomic E-state index is -1.29. The van der Waals surface area contributed by atoms with Crippen LogP contribution in [0.15, 0.2) is 42.6 Å². The van der Waals surface area contributed by atoms with Crippen molar-refractivity contribution in [3.8, 4) is 17.3 Å². The molecule has 0 unspecified atom stereocenters. The fraction of sp³-hybridized carbons (Fsp3) is 0.321. The predicted octanol–water partition coefficient (Wildman–Crippen LogP) is 4.42. The molecule has 0 saturated carbocycles. The lowest BCUT2D eigenvalue weighted by atomic mass is 10.1. The van der Waals surface area contributed by atoms with Crippen molar-refractivity contribution >= 4 is 34.3 Å². The first-order chi connectivity index (χ1) is 18.6. The van der Waals surface area contributed by atoms with Gasteiger partial charge in [0.1, 0.15) is 29.6 Å². The van der Waals surface area contributed by atoms with E-state index in [1.54, 1.807) is 41.5 Å². The van der Waals surface area contributed by atoms with E-state index in [9.17, 15) is 15.2 Å². The Kier molecular flexibility index (Phi) is 6.76. The third-order valence-electron chi connectivity index (χ3n) is 6.42. The van der Waals surface area contributed by atoms with Crippen LogP contribution in [0, 0.1) is 17.1 Å². The molecule has 39 heavy (non-hydrogen) atoms. The minimum absolute atomic E-state index is 0.0608. The number of hydrogen-bond acceptors (Lipinski definition) is 8. The number of aromatic nitrogens is 4. The van der Waals surface area contributed by atoms with E-state index < -0.39 is 11.4 Å². The SMILES string of the molecule is CC(C)n1c(C(C)(C)O)nc2c(F)cc(-c3nc(Nc4ccc(N5CCOCC5=O)cc4)ncc3C#N)cc21. The number of anilines is 3. The molecule has 2 N–H and O–H groups in total. The number of carbonyl (C=O) groups is 1. The Bertz CT molecular complexity index is 1600. The molecule has 0 aliphatic carbocycles. The van der Waals surface area contributed by atoms with Gasteiger partial charge in [-0.1, -0.05) is 0 Å². The van der Waals surface area contributed by atoms with E-state index in [-0.39, 0.29) is 41.3 Å². The Balaban J connectivity index is 1.51. The van der Waals surface area contributed by atoms with Crippen molar-refractivity contribution in [3.63, 3.8) is 0 Å². The topological polar surface area (TPSA) is 129 Å². The highest BCUT2D eigenvalue weighted by atomic mass is 19.1. The second kappa shape index (κ2) is 10.1. The molecular weight excluding hydrogens is 501 g/mol. The summed E-state index contributed by atoms with van der Waals surface area (Å²) < 4.78 is 22.3. The Labute approximate surface area is 224 Å². The smallest absolute Gasteiger partial charge is 0.253 e. The molecule has 1 amide bonds. The summed E-state index contributed by atoms with van der Waals surface area (Å²) in [6.45, 7) is 8.09. The number of rotatable bonds is 6. The lowest BCUT2D eigenvalue weighted by molar-refractivity contribution is -0.125. The maximum atomic E-state index is 15.3. The van der Waals surface area contributed by atoms with E-state index in [2.05, 4.69) is 26.3 Å². The summed E-state index contributed by atoms with van der Waals surface area (Å²) >= 11 is 0. The van der Waals surface area contributed by atoms with Crippen LogP contribution in [0.4, 0.5) is 21.7 Å². The van der Waals surface area contributed by atoms with Gasteiger partial charge in [-0.2, -0.15) is 5.26 Å². The number of fused-ring (bicyclic) bond motifs is 1. The van der Waals surface area contributed by atoms with Gasteiger partial charge in [0.2, 0.25) is 5.95 Å². The lowest BCUT2D eigenvalue weighted by Gasteiger charge is -2.26. The minimum Gasteiger partial charge on any atom is -0.383 e. The molecule has 0 spiro atoms. The van der Waals surface area contributed by atoms with Crippen molar-refractivity contribution < 1.29 is 19.0 Å². The number of nitrogens with one attached hydrogen (secondary N) is 1. The fourth-order valence-electron chi connectivity index (χ4n) is 4.63. The second-order valence-corrected chi connectivity index (χ2v) is 10.1. The zero-order chi connectivity index (χ0) is 27.9. The van der Waals surface area contributed by atoms with Crippen LogP contribution in [0.25, 0.3) is 22.3 Å². The molecule has 2 aromatic heterocycles. The van der Waals surface area contributed by atoms with E-state index in [0.717, 1.165) is 5.69 Å². The van der Waals surface area contributed by atoms with E-state index in [0.29, 0.717) is 35.7 Å². The Morgan fingerprint density at radius 2 is 1.95 bits per heavy atom. The number of amides is 1. The van der Waals surface area contributed by atoms with Gasteiger partial charge >= 0.3 is 0 Å². The van der Waals surface area contributed by atoms with E-state index in [1.165, 1.54) is 12.3 Å². The van der Waals surface area contributed by atoms with Crippen LogP contribution < -0.4 is 10.2 Å². The summed E-state index contributed by atoms with van der Waals surface area (Å²) in [5.41, 5.74) is 1.58. The Morgan fingerprint density at radius 3 is 2.59 bits per heavy atom. The summed E-state index contributed by atoms with van der Waals surface area (Å²) in [5.74, 6) is -0.122. The van der Waals surface area contributed by atoms with Gasteiger partial charge in [0.05, 0.1) is 29.6 Å². The third kappa shape index (κ3) is 5.04. The van der Waals surface area contributed by atoms with Crippen molar-refractivity contribution in [3.05, 3.63) is 59.8 Å². The van der Waals surface area contributed by atoms with E-state index in [1.807, 2.05) is 26.0 Å². The van der Waals surface area contributed by atoms with Gasteiger partial charge < -0.3 is 24.6 Å². The highest BCUT2D eigenvalue weighted by molar-refractivity contribution is 5.95. The number of aliphatic hydroxyl groups is 1. The van der Waals surface area contributed by atoms with Crippen molar-refractivity contribution in [1.82, 2.24) is 19.5 Å². The van der Waals surface area contributed by atoms with Crippen LogP contribution >= 0.6 is 0 Å². The molecule has 200 valence electrons. The van der Waals surface area contributed by atoms with Crippen molar-refractivity contribution in [2.75, 3.05) is 30.0 Å². The molecule has 11 heteroatoms. The molecule has 1 fully saturated rings. The van der Waals surface area contributed by atoms with Crippen molar-refractivity contribution in [1.29, 1.82) is 5.26 Å². The molecule has 5 rings (SSSR count). The Hall–Kier alpha value is -4.40. The van der Waals surface area contributed by atoms with Crippen LogP contribution in [-0.2, 0) is 15.1 Å². The number of ether oxygens (including phenoxy) is 1. The molecule has 0 radical (unpaired) electrons. The highest BCUT2D eigenvalue weighted by Crippen LogP contribution is 2.34. The normalized spacial score (nSPS) is 14.2. The van der Waals surface area contributed by atoms with Crippen LogP contribution in [0.5, 0.6) is 0 Å². The lowest BCUT2D eigenvalue weighted by Crippen LogP contribution is -2.41. The van der Waals surface area contributed by atoms with Gasteiger partial charge in [-0.15, -0.1) is 0 Å². The summed E-state index contributed by atoms with van der Waals surface area (Å²) in [5, 5.41) is 23.5. The summed E-state index contributed by atoms with van der Waals surface area (Å²) in [4.78, 5) is 27.0. The number of morpholine rings is 1. The summed E-state index contributed by atoms with van der Waals surface area (Å²) in [6, 6.07) is 12.2. The first-order valence-electron chi connectivity index (χ1n) is 12.5. The third-order valence-corrected chi connectivity index (χ3v) is 6.42. The number of hydrogen-bond donors (Lipinski definition) is 2. The molecule has 0 atom stereocenters. The zero-order valence-electron chi connectivity index (χ0n) is 22.1. The van der Waals surface area contributed by atoms with Crippen LogP contribution in [0.2, 0.25) is 0 Å². The number of carbonyl (C=O) groups excluding carboxylic acids is 1. The fourth-order valence-corrected chi connectivity index (χ4v) is 4.63. The van der Waals surface area contributed by atoms with Gasteiger partial charge in [0.15, 0.2) is 5.82 Å². The van der Waals surface area contributed by atoms with Gasteiger partial charge in [0.25, 0.3) is 5.91 Å². The molecule has 10 nitrogen and oxygen atoms in total.